The van der Waals surface area contributed by atoms with E-state index in [0.717, 1.165) is 29.6 Å². The number of anilines is 2. The van der Waals surface area contributed by atoms with Crippen LogP contribution >= 0.6 is 11.8 Å². The van der Waals surface area contributed by atoms with Gasteiger partial charge in [0.1, 0.15) is 11.6 Å². The first kappa shape index (κ1) is 15.6. The maximum absolute atomic E-state index is 4.62. The maximum Gasteiger partial charge on any atom is 0.163 e. The average molecular weight is 302 g/mol. The van der Waals surface area contributed by atoms with Crippen molar-refractivity contribution >= 4 is 23.4 Å². The van der Waals surface area contributed by atoms with Crippen LogP contribution in [0.2, 0.25) is 0 Å². The Morgan fingerprint density at radius 2 is 1.76 bits per heavy atom. The van der Waals surface area contributed by atoms with Crippen molar-refractivity contribution in [3.05, 3.63) is 36.4 Å². The lowest BCUT2D eigenvalue weighted by Gasteiger charge is -2.22. The minimum Gasteiger partial charge on any atom is -0.373 e. The Kier molecular flexibility index (Phi) is 5.07. The van der Waals surface area contributed by atoms with E-state index >= 15 is 0 Å². The molecular weight excluding hydrogens is 280 g/mol. The first-order valence-corrected chi connectivity index (χ1v) is 8.18. The Hall–Kier alpha value is -1.75. The summed E-state index contributed by atoms with van der Waals surface area (Å²) < 4.78 is 0.164. The van der Waals surface area contributed by atoms with Crippen LogP contribution in [0.15, 0.2) is 36.4 Å². The zero-order valence-corrected chi connectivity index (χ0v) is 13.8. The fraction of sp³-hybridized carbons (Fsp3) is 0.375. The van der Waals surface area contributed by atoms with Crippen molar-refractivity contribution in [3.63, 3.8) is 0 Å². The highest BCUT2D eigenvalue weighted by Gasteiger charge is 2.16. The molecule has 0 fully saturated rings. The predicted molar refractivity (Wildman–Crippen MR) is 93.1 cm³/mol. The van der Waals surface area contributed by atoms with E-state index in [0.29, 0.717) is 0 Å². The Bertz CT molecular complexity index is 584. The molecule has 1 heterocycles. The van der Waals surface area contributed by atoms with Crippen molar-refractivity contribution in [3.8, 4) is 11.4 Å². The highest BCUT2D eigenvalue weighted by molar-refractivity contribution is 7.99. The average Bonchev–Trinajstić information content (AvgIpc) is 2.53. The summed E-state index contributed by atoms with van der Waals surface area (Å²) in [4.78, 5) is 9.14. The van der Waals surface area contributed by atoms with Crippen molar-refractivity contribution < 1.29 is 0 Å². The van der Waals surface area contributed by atoms with Crippen LogP contribution in [0, 0.1) is 0 Å². The van der Waals surface area contributed by atoms with Gasteiger partial charge in [-0.05, 0) is 20.1 Å². The lowest BCUT2D eigenvalue weighted by molar-refractivity contribution is 0.750. The molecule has 21 heavy (non-hydrogen) atoms. The second-order valence-corrected chi connectivity index (χ2v) is 6.91. The number of hydrogen-bond acceptors (Lipinski definition) is 5. The lowest BCUT2D eigenvalue weighted by Crippen LogP contribution is -2.26. The van der Waals surface area contributed by atoms with Crippen LogP contribution in [-0.2, 0) is 0 Å². The zero-order chi connectivity index (χ0) is 15.3. The molecule has 4 nitrogen and oxygen atoms in total. The zero-order valence-electron chi connectivity index (χ0n) is 13.0. The van der Waals surface area contributed by atoms with Gasteiger partial charge in [-0.3, -0.25) is 0 Å². The van der Waals surface area contributed by atoms with Crippen molar-refractivity contribution in [1.82, 2.24) is 9.97 Å². The van der Waals surface area contributed by atoms with E-state index in [1.54, 1.807) is 0 Å². The molecule has 5 heteroatoms. The van der Waals surface area contributed by atoms with Gasteiger partial charge in [-0.25, -0.2) is 9.97 Å². The van der Waals surface area contributed by atoms with Gasteiger partial charge < -0.3 is 10.6 Å². The number of nitrogens with one attached hydrogen (secondary N) is 2. The first-order chi connectivity index (χ1) is 10.0. The van der Waals surface area contributed by atoms with Gasteiger partial charge in [-0.1, -0.05) is 30.3 Å². The van der Waals surface area contributed by atoms with Crippen LogP contribution in [0.5, 0.6) is 0 Å². The van der Waals surface area contributed by atoms with Gasteiger partial charge in [-0.2, -0.15) is 11.8 Å². The van der Waals surface area contributed by atoms with Crippen LogP contribution in [0.25, 0.3) is 11.4 Å². The molecule has 2 rings (SSSR count). The molecule has 0 amide bonds. The summed E-state index contributed by atoms with van der Waals surface area (Å²) in [6.07, 6.45) is 2.12. The van der Waals surface area contributed by atoms with Crippen LogP contribution < -0.4 is 10.6 Å². The van der Waals surface area contributed by atoms with Crippen LogP contribution in [0.3, 0.4) is 0 Å². The molecule has 112 valence electrons. The Morgan fingerprint density at radius 3 is 2.38 bits per heavy atom. The molecule has 1 aromatic carbocycles. The van der Waals surface area contributed by atoms with E-state index in [4.69, 9.17) is 0 Å². The van der Waals surface area contributed by atoms with E-state index in [1.165, 1.54) is 0 Å². The van der Waals surface area contributed by atoms with Crippen molar-refractivity contribution in [1.29, 1.82) is 0 Å². The third-order valence-electron chi connectivity index (χ3n) is 3.26. The molecule has 1 aromatic heterocycles. The molecule has 0 aliphatic carbocycles. The summed E-state index contributed by atoms with van der Waals surface area (Å²) in [5.41, 5.74) is 1.02. The molecule has 0 spiro atoms. The molecule has 0 saturated carbocycles. The molecule has 0 aliphatic heterocycles. The minimum absolute atomic E-state index is 0.164. The molecule has 0 aliphatic rings. The third-order valence-corrected chi connectivity index (χ3v) is 4.51. The summed E-state index contributed by atoms with van der Waals surface area (Å²) in [6.45, 7) is 5.27. The number of benzene rings is 1. The molecule has 0 saturated heterocycles. The van der Waals surface area contributed by atoms with Crippen molar-refractivity contribution in [2.24, 2.45) is 0 Å². The van der Waals surface area contributed by atoms with Crippen LogP contribution in [0.1, 0.15) is 13.8 Å². The van der Waals surface area contributed by atoms with Gasteiger partial charge in [0, 0.05) is 30.0 Å². The van der Waals surface area contributed by atoms with E-state index < -0.39 is 0 Å². The van der Waals surface area contributed by atoms with E-state index in [1.807, 2.05) is 55.2 Å². The van der Waals surface area contributed by atoms with Gasteiger partial charge in [-0.15, -0.1) is 0 Å². The van der Waals surface area contributed by atoms with Crippen molar-refractivity contribution in [2.45, 2.75) is 18.6 Å². The number of aromatic nitrogens is 2. The Balaban J connectivity index is 2.26. The van der Waals surface area contributed by atoms with Crippen LogP contribution in [0.4, 0.5) is 11.6 Å². The molecule has 2 N–H and O–H groups in total. The molecular formula is C16H22N4S. The standard InChI is InChI=1S/C16H22N4S/c1-16(2,21-4)11-18-14-10-13(17-3)19-15(20-14)12-8-6-5-7-9-12/h5-10H,11H2,1-4H3,(H2,17,18,19,20). The second kappa shape index (κ2) is 6.80. The second-order valence-electron chi connectivity index (χ2n) is 5.40. The van der Waals surface area contributed by atoms with Gasteiger partial charge in [0.2, 0.25) is 0 Å². The highest BCUT2D eigenvalue weighted by Crippen LogP contribution is 2.23. The predicted octanol–water partition coefficient (Wildman–Crippen LogP) is 3.74. The number of rotatable bonds is 6. The lowest BCUT2D eigenvalue weighted by atomic mass is 10.2. The molecule has 0 atom stereocenters. The quantitative estimate of drug-likeness (QED) is 0.851. The molecule has 2 aromatic rings. The molecule has 0 radical (unpaired) electrons. The highest BCUT2D eigenvalue weighted by atomic mass is 32.2. The Morgan fingerprint density at radius 1 is 1.10 bits per heavy atom. The van der Waals surface area contributed by atoms with Gasteiger partial charge in [0.05, 0.1) is 0 Å². The smallest absolute Gasteiger partial charge is 0.163 e. The van der Waals surface area contributed by atoms with E-state index in [-0.39, 0.29) is 4.75 Å². The normalized spacial score (nSPS) is 11.2. The Labute approximate surface area is 130 Å². The molecule has 0 bridgehead atoms. The maximum atomic E-state index is 4.62. The van der Waals surface area contributed by atoms with Crippen LogP contribution in [-0.4, -0.2) is 34.6 Å². The number of thioether (sulfide) groups is 1. The summed E-state index contributed by atoms with van der Waals surface area (Å²) >= 11 is 1.84. The van der Waals surface area contributed by atoms with Gasteiger partial charge >= 0.3 is 0 Å². The topological polar surface area (TPSA) is 49.8 Å². The van der Waals surface area contributed by atoms with E-state index in [9.17, 15) is 0 Å². The van der Waals surface area contributed by atoms with E-state index in [2.05, 4.69) is 40.7 Å². The number of hydrogen-bond donors (Lipinski definition) is 2. The minimum atomic E-state index is 0.164. The summed E-state index contributed by atoms with van der Waals surface area (Å²) in [6, 6.07) is 12.0. The summed E-state index contributed by atoms with van der Waals surface area (Å²) in [5.74, 6) is 2.38. The summed E-state index contributed by atoms with van der Waals surface area (Å²) in [7, 11) is 1.87. The number of nitrogens with zero attached hydrogens (tertiary/aromatic N) is 2. The fourth-order valence-electron chi connectivity index (χ4n) is 1.76. The monoisotopic (exact) mass is 302 g/mol. The van der Waals surface area contributed by atoms with Gasteiger partial charge in [0.15, 0.2) is 5.82 Å². The molecule has 0 unspecified atom stereocenters. The fourth-order valence-corrected chi connectivity index (χ4v) is 1.97. The third kappa shape index (κ3) is 4.36. The van der Waals surface area contributed by atoms with Gasteiger partial charge in [0.25, 0.3) is 0 Å². The summed E-state index contributed by atoms with van der Waals surface area (Å²) in [5, 5.41) is 6.50. The van der Waals surface area contributed by atoms with Crippen molar-refractivity contribution in [2.75, 3.05) is 30.5 Å². The largest absolute Gasteiger partial charge is 0.373 e. The SMILES string of the molecule is CNc1cc(NCC(C)(C)SC)nc(-c2ccccc2)n1. The first-order valence-electron chi connectivity index (χ1n) is 6.95.